The van der Waals surface area contributed by atoms with E-state index in [1.807, 2.05) is 18.2 Å². The number of hydrogen-bond donors (Lipinski definition) is 0. The summed E-state index contributed by atoms with van der Waals surface area (Å²) < 4.78 is 24.7. The highest BCUT2D eigenvalue weighted by atomic mass is 19.1. The number of nitrogens with zero attached hydrogens (tertiary/aromatic N) is 3. The molecule has 0 aliphatic carbocycles. The molecule has 0 fully saturated rings. The smallest absolute Gasteiger partial charge is 0.183 e. The van der Waals surface area contributed by atoms with Gasteiger partial charge in [-0.15, -0.1) is 0 Å². The fourth-order valence-corrected chi connectivity index (χ4v) is 2.74. The minimum atomic E-state index is -0.406. The van der Waals surface area contributed by atoms with Crippen molar-refractivity contribution in [3.05, 3.63) is 41.6 Å². The van der Waals surface area contributed by atoms with E-state index in [0.717, 1.165) is 23.5 Å². The molecule has 0 radical (unpaired) electrons. The van der Waals surface area contributed by atoms with Crippen LogP contribution in [-0.2, 0) is 12.8 Å². The summed E-state index contributed by atoms with van der Waals surface area (Å²) in [5.41, 5.74) is 1.15. The van der Waals surface area contributed by atoms with Gasteiger partial charge in [-0.1, -0.05) is 6.07 Å². The fourth-order valence-electron chi connectivity index (χ4n) is 2.74. The molecule has 3 rings (SSSR count). The van der Waals surface area contributed by atoms with Gasteiger partial charge in [0, 0.05) is 32.5 Å². The lowest BCUT2D eigenvalue weighted by molar-refractivity contribution is 0.218. The van der Waals surface area contributed by atoms with Crippen LogP contribution in [-0.4, -0.2) is 37.8 Å². The highest BCUT2D eigenvalue weighted by molar-refractivity contribution is 5.42. The molecule has 0 bridgehead atoms. The Kier molecular flexibility index (Phi) is 4.32. The third-order valence-electron chi connectivity index (χ3n) is 3.93. The van der Waals surface area contributed by atoms with Crippen molar-refractivity contribution in [1.29, 1.82) is 0 Å². The number of benzene rings is 1. The van der Waals surface area contributed by atoms with E-state index in [9.17, 15) is 4.39 Å². The van der Waals surface area contributed by atoms with Crippen molar-refractivity contribution in [2.75, 3.05) is 32.7 Å². The van der Waals surface area contributed by atoms with Crippen LogP contribution in [0.3, 0.4) is 0 Å². The van der Waals surface area contributed by atoms with Crippen LogP contribution in [0.1, 0.15) is 11.4 Å². The van der Waals surface area contributed by atoms with Gasteiger partial charge in [0.1, 0.15) is 17.3 Å². The van der Waals surface area contributed by atoms with E-state index in [0.29, 0.717) is 24.7 Å². The predicted octanol–water partition coefficient (Wildman–Crippen LogP) is 2.48. The SMILES string of the molecule is COc1ccc2c(c1)OC[C@H](Cc1ncc(F)c(N(C)C)n1)C2. The number of ether oxygens (including phenoxy) is 2. The van der Waals surface area contributed by atoms with Crippen molar-refractivity contribution >= 4 is 5.82 Å². The monoisotopic (exact) mass is 317 g/mol. The van der Waals surface area contributed by atoms with E-state index in [1.54, 1.807) is 26.1 Å². The highest BCUT2D eigenvalue weighted by Crippen LogP contribution is 2.32. The lowest BCUT2D eigenvalue weighted by Crippen LogP contribution is -2.24. The van der Waals surface area contributed by atoms with Crippen LogP contribution in [0.15, 0.2) is 24.4 Å². The van der Waals surface area contributed by atoms with Crippen LogP contribution < -0.4 is 14.4 Å². The van der Waals surface area contributed by atoms with Crippen molar-refractivity contribution in [3.8, 4) is 11.5 Å². The Balaban J connectivity index is 1.73. The third-order valence-corrected chi connectivity index (χ3v) is 3.93. The summed E-state index contributed by atoms with van der Waals surface area (Å²) in [6, 6.07) is 5.87. The molecule has 5 nitrogen and oxygen atoms in total. The Morgan fingerprint density at radius 2 is 2.22 bits per heavy atom. The highest BCUT2D eigenvalue weighted by Gasteiger charge is 2.22. The van der Waals surface area contributed by atoms with Gasteiger partial charge in [-0.2, -0.15) is 0 Å². The summed E-state index contributed by atoms with van der Waals surface area (Å²) in [6.07, 6.45) is 2.78. The minimum Gasteiger partial charge on any atom is -0.497 e. The average molecular weight is 317 g/mol. The molecule has 0 unspecified atom stereocenters. The number of anilines is 1. The summed E-state index contributed by atoms with van der Waals surface area (Å²) in [5.74, 6) is 2.49. The summed E-state index contributed by atoms with van der Waals surface area (Å²) >= 11 is 0. The van der Waals surface area contributed by atoms with E-state index < -0.39 is 5.82 Å². The Bertz CT molecular complexity index is 706. The molecule has 1 aliphatic heterocycles. The molecular weight excluding hydrogens is 297 g/mol. The minimum absolute atomic E-state index is 0.274. The van der Waals surface area contributed by atoms with Gasteiger partial charge in [-0.3, -0.25) is 0 Å². The van der Waals surface area contributed by atoms with Gasteiger partial charge in [-0.25, -0.2) is 14.4 Å². The fraction of sp³-hybridized carbons (Fsp3) is 0.412. The molecule has 0 spiro atoms. The lowest BCUT2D eigenvalue weighted by Gasteiger charge is -2.25. The Labute approximate surface area is 135 Å². The second-order valence-electron chi connectivity index (χ2n) is 5.91. The largest absolute Gasteiger partial charge is 0.497 e. The van der Waals surface area contributed by atoms with Crippen molar-refractivity contribution in [2.24, 2.45) is 5.92 Å². The quantitative estimate of drug-likeness (QED) is 0.867. The maximum absolute atomic E-state index is 13.7. The zero-order chi connectivity index (χ0) is 16.4. The van der Waals surface area contributed by atoms with Crippen molar-refractivity contribution in [3.63, 3.8) is 0 Å². The summed E-state index contributed by atoms with van der Waals surface area (Å²) in [6.45, 7) is 0.595. The van der Waals surface area contributed by atoms with Crippen molar-refractivity contribution in [2.45, 2.75) is 12.8 Å². The van der Waals surface area contributed by atoms with Crippen LogP contribution in [0.25, 0.3) is 0 Å². The number of rotatable bonds is 4. The standard InChI is InChI=1S/C17H20FN3O2/c1-21(2)17-14(18)9-19-16(20-17)7-11-6-12-4-5-13(22-3)8-15(12)23-10-11/h4-5,8-9,11H,6-7,10H2,1-3H3/t11-/m0/s1. The van der Waals surface area contributed by atoms with Gasteiger partial charge in [0.2, 0.25) is 0 Å². The summed E-state index contributed by atoms with van der Waals surface area (Å²) in [5, 5.41) is 0. The second-order valence-corrected chi connectivity index (χ2v) is 5.91. The molecule has 0 N–H and O–H groups in total. The van der Waals surface area contributed by atoms with Crippen LogP contribution in [0.5, 0.6) is 11.5 Å². The van der Waals surface area contributed by atoms with Gasteiger partial charge in [0.05, 0.1) is 19.9 Å². The first-order valence-electron chi connectivity index (χ1n) is 7.55. The molecule has 2 heterocycles. The Morgan fingerprint density at radius 1 is 1.39 bits per heavy atom. The van der Waals surface area contributed by atoms with Gasteiger partial charge < -0.3 is 14.4 Å². The molecular formula is C17H20FN3O2. The topological polar surface area (TPSA) is 47.5 Å². The first-order valence-corrected chi connectivity index (χ1v) is 7.55. The van der Waals surface area contributed by atoms with Gasteiger partial charge >= 0.3 is 0 Å². The zero-order valence-electron chi connectivity index (χ0n) is 13.5. The number of hydrogen-bond acceptors (Lipinski definition) is 5. The molecule has 0 amide bonds. The summed E-state index contributed by atoms with van der Waals surface area (Å²) in [4.78, 5) is 10.1. The molecule has 0 saturated carbocycles. The molecule has 0 saturated heterocycles. The van der Waals surface area contributed by atoms with Gasteiger partial charge in [0.25, 0.3) is 0 Å². The number of halogens is 1. The van der Waals surface area contributed by atoms with Gasteiger partial charge in [-0.05, 0) is 18.1 Å². The Morgan fingerprint density at radius 3 is 2.96 bits per heavy atom. The Hall–Kier alpha value is -2.37. The summed E-state index contributed by atoms with van der Waals surface area (Å²) in [7, 11) is 5.17. The molecule has 1 aromatic carbocycles. The molecule has 23 heavy (non-hydrogen) atoms. The second kappa shape index (κ2) is 6.40. The van der Waals surface area contributed by atoms with Crippen LogP contribution in [0.4, 0.5) is 10.2 Å². The number of methoxy groups -OCH3 is 1. The molecule has 1 atom stereocenters. The van der Waals surface area contributed by atoms with E-state index >= 15 is 0 Å². The van der Waals surface area contributed by atoms with E-state index in [1.165, 1.54) is 6.20 Å². The van der Waals surface area contributed by atoms with Gasteiger partial charge in [0.15, 0.2) is 11.6 Å². The zero-order valence-corrected chi connectivity index (χ0v) is 13.5. The van der Waals surface area contributed by atoms with E-state index in [-0.39, 0.29) is 5.92 Å². The molecule has 122 valence electrons. The first-order chi connectivity index (χ1) is 11.1. The maximum Gasteiger partial charge on any atom is 0.183 e. The molecule has 1 aliphatic rings. The van der Waals surface area contributed by atoms with Crippen LogP contribution in [0, 0.1) is 11.7 Å². The number of aromatic nitrogens is 2. The van der Waals surface area contributed by atoms with Crippen molar-refractivity contribution in [1.82, 2.24) is 9.97 Å². The maximum atomic E-state index is 13.7. The normalized spacial score (nSPS) is 16.4. The lowest BCUT2D eigenvalue weighted by atomic mass is 9.93. The van der Waals surface area contributed by atoms with Crippen molar-refractivity contribution < 1.29 is 13.9 Å². The average Bonchev–Trinajstić information content (AvgIpc) is 2.56. The van der Waals surface area contributed by atoms with E-state index in [2.05, 4.69) is 9.97 Å². The predicted molar refractivity (Wildman–Crippen MR) is 85.7 cm³/mol. The van der Waals surface area contributed by atoms with E-state index in [4.69, 9.17) is 9.47 Å². The third kappa shape index (κ3) is 3.36. The number of fused-ring (bicyclic) bond motifs is 1. The molecule has 1 aromatic heterocycles. The molecule has 6 heteroatoms. The van der Waals surface area contributed by atoms with Crippen LogP contribution in [0.2, 0.25) is 0 Å². The first kappa shape index (κ1) is 15.5. The molecule has 2 aromatic rings. The van der Waals surface area contributed by atoms with Crippen LogP contribution >= 0.6 is 0 Å².